The lowest BCUT2D eigenvalue weighted by atomic mass is 9.98. The molecule has 3 unspecified atom stereocenters. The van der Waals surface area contributed by atoms with Gasteiger partial charge in [-0.15, -0.1) is 0 Å². The molecule has 3 N–H and O–H groups in total. The molecule has 0 aromatic carbocycles. The molecule has 3 atom stereocenters. The van der Waals surface area contributed by atoms with Gasteiger partial charge in [-0.3, -0.25) is 9.69 Å². The molecule has 3 saturated heterocycles. The van der Waals surface area contributed by atoms with Gasteiger partial charge in [0.25, 0.3) is 0 Å². The number of hydrogen-bond donors (Lipinski definition) is 2. The van der Waals surface area contributed by atoms with Gasteiger partial charge in [0.1, 0.15) is 0 Å². The lowest BCUT2D eigenvalue weighted by molar-refractivity contribution is -0.124. The Bertz CT molecular complexity index is 479. The summed E-state index contributed by atoms with van der Waals surface area (Å²) in [7, 11) is -2.94. The number of hydrogen-bond acceptors (Lipinski definition) is 5. The Balaban J connectivity index is 1.53. The number of nitrogens with one attached hydrogen (secondary N) is 1. The summed E-state index contributed by atoms with van der Waals surface area (Å²) in [4.78, 5) is 14.4. The molecular weight excluding hydrogens is 278 g/mol. The molecule has 1 amide bonds. The van der Waals surface area contributed by atoms with Gasteiger partial charge in [0.2, 0.25) is 5.91 Å². The summed E-state index contributed by atoms with van der Waals surface area (Å²) in [6.07, 6.45) is 4.75. The second-order valence-electron chi connectivity index (χ2n) is 6.46. The Kier molecular flexibility index (Phi) is 3.77. The predicted octanol–water partition coefficient (Wildman–Crippen LogP) is -0.756. The van der Waals surface area contributed by atoms with Crippen molar-refractivity contribution < 1.29 is 13.2 Å². The fourth-order valence-corrected chi connectivity index (χ4v) is 5.60. The lowest BCUT2D eigenvalue weighted by Crippen LogP contribution is -2.52. The van der Waals surface area contributed by atoms with Crippen LogP contribution in [0.15, 0.2) is 0 Å². The molecule has 3 aliphatic heterocycles. The van der Waals surface area contributed by atoms with E-state index >= 15 is 0 Å². The molecule has 0 aromatic heterocycles. The van der Waals surface area contributed by atoms with Crippen LogP contribution in [0.3, 0.4) is 0 Å². The molecule has 114 valence electrons. The van der Waals surface area contributed by atoms with E-state index in [1.165, 1.54) is 0 Å². The van der Waals surface area contributed by atoms with Crippen molar-refractivity contribution >= 4 is 15.7 Å². The van der Waals surface area contributed by atoms with Gasteiger partial charge in [-0.1, -0.05) is 0 Å². The normalized spacial score (nSPS) is 39.9. The predicted molar refractivity (Wildman–Crippen MR) is 75.9 cm³/mol. The van der Waals surface area contributed by atoms with Crippen LogP contribution >= 0.6 is 0 Å². The quantitative estimate of drug-likeness (QED) is 0.715. The molecule has 6 nitrogen and oxygen atoms in total. The maximum absolute atomic E-state index is 12.1. The first-order chi connectivity index (χ1) is 9.43. The summed E-state index contributed by atoms with van der Waals surface area (Å²) < 4.78 is 22.8. The minimum absolute atomic E-state index is 0.0422. The maximum atomic E-state index is 12.1. The standard InChI is InChI=1S/C13H23N3O3S/c14-9-5-11-1-2-12(6-9)16(11)7-13(17)15-10-3-4-20(18,19)8-10/h9-12H,1-8,14H2,(H,15,17). The molecule has 0 aromatic rings. The first-order valence-electron chi connectivity index (χ1n) is 7.44. The zero-order chi connectivity index (χ0) is 14.3. The van der Waals surface area contributed by atoms with Crippen molar-refractivity contribution in [3.8, 4) is 0 Å². The molecule has 20 heavy (non-hydrogen) atoms. The highest BCUT2D eigenvalue weighted by atomic mass is 32.2. The summed E-state index contributed by atoms with van der Waals surface area (Å²) in [6.45, 7) is 0.388. The van der Waals surface area contributed by atoms with Gasteiger partial charge in [0.05, 0.1) is 18.1 Å². The lowest BCUT2D eigenvalue weighted by Gasteiger charge is -2.37. The van der Waals surface area contributed by atoms with Gasteiger partial charge < -0.3 is 11.1 Å². The fourth-order valence-electron chi connectivity index (χ4n) is 3.92. The van der Waals surface area contributed by atoms with Gasteiger partial charge in [0.15, 0.2) is 9.84 Å². The van der Waals surface area contributed by atoms with Crippen LogP contribution in [0.4, 0.5) is 0 Å². The number of fused-ring (bicyclic) bond motifs is 2. The van der Waals surface area contributed by atoms with Crippen LogP contribution in [-0.2, 0) is 14.6 Å². The monoisotopic (exact) mass is 301 g/mol. The number of carbonyl (C=O) groups excluding carboxylic acids is 1. The average molecular weight is 301 g/mol. The highest BCUT2D eigenvalue weighted by molar-refractivity contribution is 7.91. The third-order valence-corrected chi connectivity index (χ3v) is 6.61. The van der Waals surface area contributed by atoms with Crippen LogP contribution in [0.1, 0.15) is 32.1 Å². The van der Waals surface area contributed by atoms with E-state index in [2.05, 4.69) is 10.2 Å². The smallest absolute Gasteiger partial charge is 0.234 e. The van der Waals surface area contributed by atoms with E-state index in [-0.39, 0.29) is 29.5 Å². The molecular formula is C13H23N3O3S. The molecule has 0 radical (unpaired) electrons. The van der Waals surface area contributed by atoms with Crippen molar-refractivity contribution in [2.45, 2.75) is 56.3 Å². The van der Waals surface area contributed by atoms with Crippen molar-refractivity contribution in [2.24, 2.45) is 5.73 Å². The molecule has 3 fully saturated rings. The molecule has 0 spiro atoms. The van der Waals surface area contributed by atoms with Crippen molar-refractivity contribution in [3.05, 3.63) is 0 Å². The van der Waals surface area contributed by atoms with Crippen molar-refractivity contribution in [2.75, 3.05) is 18.1 Å². The Morgan fingerprint density at radius 2 is 1.85 bits per heavy atom. The summed E-state index contributed by atoms with van der Waals surface area (Å²) in [5, 5.41) is 2.87. The number of nitrogens with two attached hydrogens (primary N) is 1. The second-order valence-corrected chi connectivity index (χ2v) is 8.69. The number of rotatable bonds is 3. The third-order valence-electron chi connectivity index (χ3n) is 4.84. The Labute approximate surface area is 120 Å². The number of amides is 1. The first kappa shape index (κ1) is 14.3. The SMILES string of the molecule is NC1CC2CCC(C1)N2CC(=O)NC1CCS(=O)(=O)C1. The Morgan fingerprint density at radius 3 is 2.40 bits per heavy atom. The van der Waals surface area contributed by atoms with Gasteiger partial charge in [-0.2, -0.15) is 0 Å². The minimum atomic E-state index is -2.94. The average Bonchev–Trinajstić information content (AvgIpc) is 2.78. The van der Waals surface area contributed by atoms with Crippen molar-refractivity contribution in [1.82, 2.24) is 10.2 Å². The molecule has 3 rings (SSSR count). The van der Waals surface area contributed by atoms with Crippen molar-refractivity contribution in [3.63, 3.8) is 0 Å². The molecule has 0 aliphatic carbocycles. The van der Waals surface area contributed by atoms with E-state index < -0.39 is 9.84 Å². The number of sulfone groups is 1. The third kappa shape index (κ3) is 2.99. The zero-order valence-corrected chi connectivity index (χ0v) is 12.4. The molecule has 3 aliphatic rings. The van der Waals surface area contributed by atoms with Crippen LogP contribution in [0.25, 0.3) is 0 Å². The summed E-state index contributed by atoms with van der Waals surface area (Å²) in [5.74, 6) is 0.248. The summed E-state index contributed by atoms with van der Waals surface area (Å²) >= 11 is 0. The molecule has 0 saturated carbocycles. The van der Waals surface area contributed by atoms with Gasteiger partial charge >= 0.3 is 0 Å². The Hall–Kier alpha value is -0.660. The number of nitrogens with zero attached hydrogens (tertiary/aromatic N) is 1. The highest BCUT2D eigenvalue weighted by Gasteiger charge is 2.40. The van der Waals surface area contributed by atoms with Crippen LogP contribution in [0.2, 0.25) is 0 Å². The van der Waals surface area contributed by atoms with Crippen molar-refractivity contribution in [1.29, 1.82) is 0 Å². The van der Waals surface area contributed by atoms with E-state index in [1.807, 2.05) is 0 Å². The van der Waals surface area contributed by atoms with E-state index in [1.54, 1.807) is 0 Å². The van der Waals surface area contributed by atoms with E-state index in [9.17, 15) is 13.2 Å². The number of piperidine rings is 1. The topological polar surface area (TPSA) is 92.5 Å². The summed E-state index contributed by atoms with van der Waals surface area (Å²) in [5.41, 5.74) is 6.02. The van der Waals surface area contributed by atoms with E-state index in [4.69, 9.17) is 5.73 Å². The first-order valence-corrected chi connectivity index (χ1v) is 9.26. The highest BCUT2D eigenvalue weighted by Crippen LogP contribution is 2.34. The molecule has 7 heteroatoms. The zero-order valence-electron chi connectivity index (χ0n) is 11.6. The van der Waals surface area contributed by atoms with Crippen LogP contribution < -0.4 is 11.1 Å². The molecule has 3 heterocycles. The van der Waals surface area contributed by atoms with E-state index in [0.29, 0.717) is 25.0 Å². The van der Waals surface area contributed by atoms with Gasteiger partial charge in [-0.05, 0) is 32.1 Å². The Morgan fingerprint density at radius 1 is 1.20 bits per heavy atom. The van der Waals surface area contributed by atoms with Gasteiger partial charge in [0, 0.05) is 24.2 Å². The van der Waals surface area contributed by atoms with Crippen LogP contribution in [0, 0.1) is 0 Å². The minimum Gasteiger partial charge on any atom is -0.351 e. The van der Waals surface area contributed by atoms with E-state index in [0.717, 1.165) is 25.7 Å². The second kappa shape index (κ2) is 5.27. The molecule has 2 bridgehead atoms. The number of carbonyl (C=O) groups is 1. The fraction of sp³-hybridized carbons (Fsp3) is 0.923. The summed E-state index contributed by atoms with van der Waals surface area (Å²) in [6, 6.07) is 0.938. The maximum Gasteiger partial charge on any atom is 0.234 e. The largest absolute Gasteiger partial charge is 0.351 e. The van der Waals surface area contributed by atoms with Crippen LogP contribution in [0.5, 0.6) is 0 Å². The van der Waals surface area contributed by atoms with Crippen LogP contribution in [-0.4, -0.2) is 61.4 Å². The van der Waals surface area contributed by atoms with Gasteiger partial charge in [-0.25, -0.2) is 8.42 Å².